The molecule has 4 aromatic rings. The topological polar surface area (TPSA) is 156 Å². The largest absolute Gasteiger partial charge is 0.478 e. The highest BCUT2D eigenvalue weighted by molar-refractivity contribution is 6.03. The highest BCUT2D eigenvalue weighted by atomic mass is 17.3. The van der Waals surface area contributed by atoms with Crippen molar-refractivity contribution in [1.29, 1.82) is 0 Å². The summed E-state index contributed by atoms with van der Waals surface area (Å²) in [5, 5.41) is 18.1. The molecule has 0 unspecified atom stereocenters. The summed E-state index contributed by atoms with van der Waals surface area (Å²) in [5.74, 6) is 3.48. The van der Waals surface area contributed by atoms with E-state index in [1.807, 2.05) is 36.4 Å². The number of carbonyl (C=O) groups excluding carboxylic acids is 1. The van der Waals surface area contributed by atoms with Gasteiger partial charge in [-0.3, -0.25) is 5.26 Å². The fourth-order valence-electron chi connectivity index (χ4n) is 3.79. The van der Waals surface area contributed by atoms with Gasteiger partial charge in [-0.1, -0.05) is 53.5 Å². The molecule has 0 saturated carbocycles. The lowest BCUT2D eigenvalue weighted by molar-refractivity contribution is -0.253. The molecule has 0 atom stereocenters. The molecule has 0 aliphatic rings. The Morgan fingerprint density at radius 2 is 1.30 bits per heavy atom. The highest BCUT2D eigenvalue weighted by Gasteiger charge is 2.20. The molecule has 0 aromatic heterocycles. The minimum Gasteiger partial charge on any atom is -0.478 e. The Balaban J connectivity index is 1.32. The van der Waals surface area contributed by atoms with Crippen LogP contribution >= 0.6 is 0 Å². The molecule has 0 aliphatic carbocycles. The molecule has 0 saturated heterocycles. The second-order valence-corrected chi connectivity index (χ2v) is 8.43. The van der Waals surface area contributed by atoms with Crippen molar-refractivity contribution in [2.45, 2.75) is 19.6 Å². The smallest absolute Gasteiger partial charge is 0.344 e. The summed E-state index contributed by atoms with van der Waals surface area (Å²) < 4.78 is 5.36. The molecular weight excluding hydrogens is 522 g/mol. The summed E-state index contributed by atoms with van der Waals surface area (Å²) in [7, 11) is 0. The van der Waals surface area contributed by atoms with Gasteiger partial charge in [0, 0.05) is 0 Å². The maximum Gasteiger partial charge on any atom is 0.344 e. The van der Waals surface area contributed by atoms with Gasteiger partial charge in [0.05, 0.1) is 11.1 Å². The lowest BCUT2D eigenvalue weighted by Crippen LogP contribution is -2.15. The molecule has 4 N–H and O–H groups in total. The van der Waals surface area contributed by atoms with Gasteiger partial charge in [-0.25, -0.2) is 14.5 Å². The quantitative estimate of drug-likeness (QED) is 0.0907. The summed E-state index contributed by atoms with van der Waals surface area (Å²) in [5.41, 5.74) is 3.09. The number of carboxylic acid groups (broad SMARTS) is 1. The summed E-state index contributed by atoms with van der Waals surface area (Å²) in [4.78, 5) is 47.8. The first-order chi connectivity index (χ1) is 19.5. The molecule has 0 bridgehead atoms. The van der Waals surface area contributed by atoms with E-state index in [1.54, 1.807) is 36.4 Å². The Morgan fingerprint density at radius 1 is 0.700 bits per heavy atom. The van der Waals surface area contributed by atoms with E-state index in [2.05, 4.69) is 14.8 Å². The fraction of sp³-hybridized carbons (Fsp3) is 0.103. The van der Waals surface area contributed by atoms with Gasteiger partial charge in [0.2, 0.25) is 0 Å². The summed E-state index contributed by atoms with van der Waals surface area (Å²) in [6, 6.07) is 25.2. The number of hydrogen-bond donors (Lipinski definition) is 3. The first-order valence-electron chi connectivity index (χ1n) is 11.9. The van der Waals surface area contributed by atoms with Gasteiger partial charge < -0.3 is 19.6 Å². The summed E-state index contributed by atoms with van der Waals surface area (Å²) in [6.07, 6.45) is 0.603. The van der Waals surface area contributed by atoms with E-state index in [0.29, 0.717) is 12.2 Å². The number of rotatable bonds is 13. The third-order valence-corrected chi connectivity index (χ3v) is 5.76. The van der Waals surface area contributed by atoms with Crippen LogP contribution in [0.1, 0.15) is 43.0 Å². The van der Waals surface area contributed by atoms with Crippen LogP contribution in [0.25, 0.3) is 0 Å². The first-order valence-corrected chi connectivity index (χ1v) is 11.9. The van der Waals surface area contributed by atoms with Gasteiger partial charge in [-0.15, -0.1) is 0 Å². The molecular formula is C29H25NO10. The van der Waals surface area contributed by atoms with E-state index in [1.165, 1.54) is 12.1 Å². The molecule has 206 valence electrons. The number of carbonyl (C=O) groups is 2. The van der Waals surface area contributed by atoms with E-state index in [9.17, 15) is 14.7 Å². The highest BCUT2D eigenvalue weighted by Crippen LogP contribution is 2.23. The number of aromatic carboxylic acids is 1. The van der Waals surface area contributed by atoms with Crippen LogP contribution in [-0.2, 0) is 34.4 Å². The minimum atomic E-state index is -1.30. The normalized spacial score (nSPS) is 10.7. The van der Waals surface area contributed by atoms with Crippen LogP contribution in [-0.4, -0.2) is 22.3 Å². The molecule has 0 spiro atoms. The second-order valence-electron chi connectivity index (χ2n) is 8.43. The zero-order valence-corrected chi connectivity index (χ0v) is 21.0. The van der Waals surface area contributed by atoms with Crippen molar-refractivity contribution in [3.63, 3.8) is 0 Å². The predicted octanol–water partition coefficient (Wildman–Crippen LogP) is 4.88. The van der Waals surface area contributed by atoms with Gasteiger partial charge in [0.1, 0.15) is 19.0 Å². The average molecular weight is 548 g/mol. The van der Waals surface area contributed by atoms with Crippen LogP contribution in [0.5, 0.6) is 17.2 Å². The third-order valence-electron chi connectivity index (χ3n) is 5.76. The number of carboxylic acids is 1. The number of nitrogens with two attached hydrogens (primary N) is 1. The van der Waals surface area contributed by atoms with Crippen molar-refractivity contribution < 1.29 is 49.2 Å². The Kier molecular flexibility index (Phi) is 9.77. The summed E-state index contributed by atoms with van der Waals surface area (Å²) >= 11 is 0. The molecule has 0 aliphatic heterocycles. The first kappa shape index (κ1) is 28.2. The molecule has 4 aromatic carbocycles. The SMILES string of the molecule is NOOc1ccc(C(=O)O)c(C(=O)Oc2ccc(Cc3ccc(OOCc4ccccc4COO)cc3)cc2)c1. The van der Waals surface area contributed by atoms with Crippen molar-refractivity contribution in [1.82, 2.24) is 0 Å². The second kappa shape index (κ2) is 13.8. The van der Waals surface area contributed by atoms with E-state index in [4.69, 9.17) is 25.7 Å². The number of ether oxygens (including phenoxy) is 1. The fourth-order valence-corrected chi connectivity index (χ4v) is 3.79. The van der Waals surface area contributed by atoms with Gasteiger partial charge >= 0.3 is 11.9 Å². The zero-order chi connectivity index (χ0) is 28.3. The summed E-state index contributed by atoms with van der Waals surface area (Å²) in [6.45, 7) is 0.231. The standard InChI is InChI=1S/C29H25NO10/c30-40-39-25-13-14-26(28(31)32)27(16-25)29(33)37-23-9-5-19(6-10-23)15-20-7-11-24(12-8-20)38-36-18-22-4-2-1-3-21(22)17-35-34/h1-14,16,34H,15,17-18,30H2,(H,31,32). The van der Waals surface area contributed by atoms with Crippen molar-refractivity contribution >= 4 is 11.9 Å². The average Bonchev–Trinajstić information content (AvgIpc) is 2.96. The third kappa shape index (κ3) is 7.63. The molecule has 0 radical (unpaired) electrons. The van der Waals surface area contributed by atoms with Crippen LogP contribution in [0.3, 0.4) is 0 Å². The number of hydrogen-bond acceptors (Lipinski definition) is 10. The minimum absolute atomic E-state index is 0.0382. The van der Waals surface area contributed by atoms with Gasteiger partial charge in [-0.2, -0.15) is 10.8 Å². The lowest BCUT2D eigenvalue weighted by Gasteiger charge is -2.10. The molecule has 0 amide bonds. The number of esters is 1. The monoisotopic (exact) mass is 547 g/mol. The molecule has 0 heterocycles. The Bertz CT molecular complexity index is 1440. The van der Waals surface area contributed by atoms with Crippen LogP contribution in [0.2, 0.25) is 0 Å². The van der Waals surface area contributed by atoms with Gasteiger partial charge in [0.25, 0.3) is 0 Å². The lowest BCUT2D eigenvalue weighted by atomic mass is 10.0. The van der Waals surface area contributed by atoms with Crippen molar-refractivity contribution in [3.8, 4) is 17.2 Å². The Labute approximate surface area is 228 Å². The molecule has 11 nitrogen and oxygen atoms in total. The molecule has 4 rings (SSSR count). The molecule has 40 heavy (non-hydrogen) atoms. The van der Waals surface area contributed by atoms with E-state index >= 15 is 0 Å². The van der Waals surface area contributed by atoms with Crippen molar-refractivity contribution in [2.24, 2.45) is 5.90 Å². The molecule has 11 heteroatoms. The van der Waals surface area contributed by atoms with E-state index in [-0.39, 0.29) is 35.8 Å². The van der Waals surface area contributed by atoms with Crippen molar-refractivity contribution in [3.05, 3.63) is 124 Å². The maximum absolute atomic E-state index is 12.7. The van der Waals surface area contributed by atoms with Gasteiger partial charge in [0.15, 0.2) is 11.5 Å². The zero-order valence-electron chi connectivity index (χ0n) is 21.0. The maximum atomic E-state index is 12.7. The Hall–Kier alpha value is -4.78. The Morgan fingerprint density at radius 3 is 1.90 bits per heavy atom. The van der Waals surface area contributed by atoms with Crippen LogP contribution in [0.4, 0.5) is 0 Å². The predicted molar refractivity (Wildman–Crippen MR) is 139 cm³/mol. The molecule has 0 fully saturated rings. The van der Waals surface area contributed by atoms with Crippen LogP contribution in [0.15, 0.2) is 91.0 Å². The van der Waals surface area contributed by atoms with Crippen LogP contribution in [0, 0.1) is 0 Å². The van der Waals surface area contributed by atoms with E-state index in [0.717, 1.165) is 28.3 Å². The van der Waals surface area contributed by atoms with Crippen molar-refractivity contribution in [2.75, 3.05) is 0 Å². The van der Waals surface area contributed by atoms with Gasteiger partial charge in [-0.05, 0) is 71.1 Å². The number of benzene rings is 4. The van der Waals surface area contributed by atoms with Crippen LogP contribution < -0.4 is 20.4 Å². The van der Waals surface area contributed by atoms with E-state index < -0.39 is 11.9 Å².